The van der Waals surface area contributed by atoms with Crippen molar-refractivity contribution in [1.82, 2.24) is 14.5 Å². The van der Waals surface area contributed by atoms with E-state index in [1.165, 1.54) is 17.0 Å². The van der Waals surface area contributed by atoms with Crippen molar-refractivity contribution >= 4 is 39.4 Å². The molecule has 5 rings (SSSR count). The molecule has 2 N–H and O–H groups in total. The van der Waals surface area contributed by atoms with Crippen molar-refractivity contribution in [1.29, 1.82) is 0 Å². The molecule has 0 aliphatic heterocycles. The van der Waals surface area contributed by atoms with E-state index in [2.05, 4.69) is 9.97 Å². The summed E-state index contributed by atoms with van der Waals surface area (Å²) in [5.74, 6) is -2.88. The normalized spacial score (nSPS) is 11.4. The van der Waals surface area contributed by atoms with Crippen molar-refractivity contribution < 1.29 is 18.7 Å². The van der Waals surface area contributed by atoms with E-state index in [1.54, 1.807) is 18.2 Å². The maximum Gasteiger partial charge on any atom is 0.353 e. The molecule has 35 heavy (non-hydrogen) atoms. The van der Waals surface area contributed by atoms with Gasteiger partial charge >= 0.3 is 5.97 Å². The van der Waals surface area contributed by atoms with E-state index in [-0.39, 0.29) is 39.3 Å². The van der Waals surface area contributed by atoms with Gasteiger partial charge in [-0.1, -0.05) is 24.6 Å². The average molecular weight is 494 g/mol. The smallest absolute Gasteiger partial charge is 0.353 e. The number of fused-ring (bicyclic) bond motifs is 2. The van der Waals surface area contributed by atoms with Gasteiger partial charge in [0.15, 0.2) is 0 Å². The fraction of sp³-hybridized carbons (Fsp3) is 0.115. The maximum absolute atomic E-state index is 14.5. The van der Waals surface area contributed by atoms with E-state index >= 15 is 0 Å². The van der Waals surface area contributed by atoms with Gasteiger partial charge in [0.2, 0.25) is 0 Å². The Balaban J connectivity index is 1.81. The summed E-state index contributed by atoms with van der Waals surface area (Å²) in [5.41, 5.74) is 1.89. The first kappa shape index (κ1) is 22.7. The van der Waals surface area contributed by atoms with Crippen LogP contribution in [0.2, 0.25) is 5.02 Å². The van der Waals surface area contributed by atoms with Crippen molar-refractivity contribution in [2.45, 2.75) is 19.9 Å². The number of hydrogen-bond acceptors (Lipinski definition) is 3. The third-order valence-electron chi connectivity index (χ3n) is 6.05. The van der Waals surface area contributed by atoms with Crippen molar-refractivity contribution in [3.05, 3.63) is 98.7 Å². The standard InChI is InChI=1S/C26H18ClF2N3O3/c1-2-13-5-6-20-17(8-13)21(16-4-3-7-30-25(16)33)24(26(34)35)32(20)12-14-11-31-19-10-15(28)9-18(29)22(19)23(14)27/h3-11H,2,12H2,1H3,(H,30,33)(H,34,35). The Morgan fingerprint density at radius 2 is 2.00 bits per heavy atom. The molecule has 0 spiro atoms. The number of carbonyl (C=O) groups is 1. The van der Waals surface area contributed by atoms with Gasteiger partial charge in [-0.15, -0.1) is 0 Å². The molecule has 3 heterocycles. The van der Waals surface area contributed by atoms with E-state index in [4.69, 9.17) is 11.6 Å². The van der Waals surface area contributed by atoms with Crippen LogP contribution in [0.25, 0.3) is 32.9 Å². The van der Waals surface area contributed by atoms with Crippen LogP contribution in [0.15, 0.2) is 59.7 Å². The molecule has 0 aliphatic carbocycles. The summed E-state index contributed by atoms with van der Waals surface area (Å²) < 4.78 is 29.7. The Bertz CT molecular complexity index is 1710. The first-order valence-corrected chi connectivity index (χ1v) is 11.2. The van der Waals surface area contributed by atoms with Gasteiger partial charge < -0.3 is 14.7 Å². The number of H-pyrrole nitrogens is 1. The largest absolute Gasteiger partial charge is 0.477 e. The highest BCUT2D eigenvalue weighted by molar-refractivity contribution is 6.36. The summed E-state index contributed by atoms with van der Waals surface area (Å²) in [7, 11) is 0. The number of benzene rings is 2. The molecule has 2 aromatic carbocycles. The highest BCUT2D eigenvalue weighted by Gasteiger charge is 2.26. The lowest BCUT2D eigenvalue weighted by Gasteiger charge is -2.12. The predicted molar refractivity (Wildman–Crippen MR) is 130 cm³/mol. The summed E-state index contributed by atoms with van der Waals surface area (Å²) in [6.45, 7) is 1.91. The van der Waals surface area contributed by atoms with Crippen molar-refractivity contribution in [2.24, 2.45) is 0 Å². The molecule has 0 fully saturated rings. The van der Waals surface area contributed by atoms with E-state index in [1.807, 2.05) is 19.1 Å². The number of aromatic nitrogens is 3. The quantitative estimate of drug-likeness (QED) is 0.324. The van der Waals surface area contributed by atoms with E-state index < -0.39 is 23.2 Å². The van der Waals surface area contributed by atoms with Gasteiger partial charge in [0.1, 0.15) is 17.3 Å². The Morgan fingerprint density at radius 1 is 1.20 bits per heavy atom. The Morgan fingerprint density at radius 3 is 2.71 bits per heavy atom. The second-order valence-corrected chi connectivity index (χ2v) is 8.49. The third kappa shape index (κ3) is 3.76. The lowest BCUT2D eigenvalue weighted by Crippen LogP contribution is -2.14. The van der Waals surface area contributed by atoms with Gasteiger partial charge in [0.25, 0.3) is 5.56 Å². The molecule has 6 nitrogen and oxygen atoms in total. The molecule has 0 radical (unpaired) electrons. The number of rotatable bonds is 5. The Labute approximate surface area is 202 Å². The molecule has 0 saturated carbocycles. The van der Waals surface area contributed by atoms with Crippen LogP contribution in [0, 0.1) is 11.6 Å². The van der Waals surface area contributed by atoms with Crippen LogP contribution in [0.3, 0.4) is 0 Å². The zero-order valence-electron chi connectivity index (χ0n) is 18.4. The molecule has 0 amide bonds. The predicted octanol–water partition coefficient (Wildman–Crippen LogP) is 5.79. The number of hydrogen-bond donors (Lipinski definition) is 2. The number of nitrogens with zero attached hydrogens (tertiary/aromatic N) is 2. The number of halogens is 3. The lowest BCUT2D eigenvalue weighted by atomic mass is 10.0. The summed E-state index contributed by atoms with van der Waals surface area (Å²) >= 11 is 6.51. The zero-order valence-corrected chi connectivity index (χ0v) is 19.2. The SMILES string of the molecule is CCc1ccc2c(c1)c(-c1ccc[nH]c1=O)c(C(=O)O)n2Cc1cnc2cc(F)cc(F)c2c1Cl. The molecule has 0 aliphatic rings. The molecule has 0 bridgehead atoms. The first-order chi connectivity index (χ1) is 16.8. The van der Waals surface area contributed by atoms with Crippen molar-refractivity contribution in [3.8, 4) is 11.1 Å². The summed E-state index contributed by atoms with van der Waals surface area (Å²) in [6.07, 6.45) is 3.56. The minimum atomic E-state index is -1.24. The molecule has 5 aromatic rings. The van der Waals surface area contributed by atoms with Gasteiger partial charge in [-0.05, 0) is 36.2 Å². The van der Waals surface area contributed by atoms with Gasteiger partial charge in [-0.2, -0.15) is 0 Å². The topological polar surface area (TPSA) is 88.0 Å². The highest BCUT2D eigenvalue weighted by atomic mass is 35.5. The minimum absolute atomic E-state index is 0.00924. The van der Waals surface area contributed by atoms with Crippen LogP contribution in [0.5, 0.6) is 0 Å². The molecule has 0 saturated heterocycles. The average Bonchev–Trinajstić information content (AvgIpc) is 3.14. The van der Waals surface area contributed by atoms with Crippen LogP contribution >= 0.6 is 11.6 Å². The van der Waals surface area contributed by atoms with Crippen LogP contribution in [-0.4, -0.2) is 25.6 Å². The molecule has 176 valence electrons. The van der Waals surface area contributed by atoms with Crippen LogP contribution in [0.4, 0.5) is 8.78 Å². The minimum Gasteiger partial charge on any atom is -0.477 e. The second-order valence-electron chi connectivity index (χ2n) is 8.11. The van der Waals surface area contributed by atoms with Crippen LogP contribution < -0.4 is 5.56 Å². The van der Waals surface area contributed by atoms with Gasteiger partial charge in [0, 0.05) is 52.1 Å². The van der Waals surface area contributed by atoms with Gasteiger partial charge in [0.05, 0.1) is 22.5 Å². The monoisotopic (exact) mass is 493 g/mol. The third-order valence-corrected chi connectivity index (χ3v) is 6.48. The Hall–Kier alpha value is -4.04. The van der Waals surface area contributed by atoms with Crippen molar-refractivity contribution in [2.75, 3.05) is 0 Å². The van der Waals surface area contributed by atoms with Crippen molar-refractivity contribution in [3.63, 3.8) is 0 Å². The first-order valence-electron chi connectivity index (χ1n) is 10.8. The zero-order chi connectivity index (χ0) is 24.9. The highest BCUT2D eigenvalue weighted by Crippen LogP contribution is 2.36. The lowest BCUT2D eigenvalue weighted by molar-refractivity contribution is 0.0687. The van der Waals surface area contributed by atoms with E-state index in [0.29, 0.717) is 22.9 Å². The number of aryl methyl sites for hydroxylation is 1. The fourth-order valence-corrected chi connectivity index (χ4v) is 4.72. The molecule has 0 atom stereocenters. The van der Waals surface area contributed by atoms with Crippen LogP contribution in [-0.2, 0) is 13.0 Å². The maximum atomic E-state index is 14.5. The number of aromatic carboxylic acids is 1. The summed E-state index contributed by atoms with van der Waals surface area (Å²) in [4.78, 5) is 31.9. The summed E-state index contributed by atoms with van der Waals surface area (Å²) in [5, 5.41) is 10.8. The van der Waals surface area contributed by atoms with Gasteiger partial charge in [-0.25, -0.2) is 13.6 Å². The number of nitrogens with one attached hydrogen (secondary N) is 1. The summed E-state index contributed by atoms with van der Waals surface area (Å²) in [6, 6.07) is 10.5. The fourth-order valence-electron chi connectivity index (χ4n) is 4.42. The number of carboxylic acid groups (broad SMARTS) is 1. The molecule has 9 heteroatoms. The molecule has 0 unspecified atom stereocenters. The Kier molecular flexibility index (Phi) is 5.61. The van der Waals surface area contributed by atoms with Crippen LogP contribution in [0.1, 0.15) is 28.5 Å². The number of carboxylic acids is 1. The molecular formula is C26H18ClF2N3O3. The number of aromatic amines is 1. The molecule has 3 aromatic heterocycles. The van der Waals surface area contributed by atoms with E-state index in [0.717, 1.165) is 17.7 Å². The molecular weight excluding hydrogens is 476 g/mol. The van der Waals surface area contributed by atoms with Gasteiger partial charge in [-0.3, -0.25) is 9.78 Å². The second kappa shape index (κ2) is 8.63. The number of pyridine rings is 2. The van der Waals surface area contributed by atoms with E-state index in [9.17, 15) is 23.5 Å².